The van der Waals surface area contributed by atoms with E-state index in [1.165, 1.54) is 0 Å². The summed E-state index contributed by atoms with van der Waals surface area (Å²) in [6.45, 7) is 4.02. The van der Waals surface area contributed by atoms with Gasteiger partial charge in [0, 0.05) is 30.1 Å². The van der Waals surface area contributed by atoms with Crippen molar-refractivity contribution in [3.05, 3.63) is 41.9 Å². The first-order valence-corrected chi connectivity index (χ1v) is 6.56. The van der Waals surface area contributed by atoms with Crippen LogP contribution in [-0.4, -0.2) is 23.0 Å². The Morgan fingerprint density at radius 2 is 2.05 bits per heavy atom. The SMILES string of the molecule is CCc1nc(NC(=O)NC)ccc1-c1cccnc1C. The zero-order valence-electron chi connectivity index (χ0n) is 11.9. The fraction of sp³-hybridized carbons (Fsp3) is 0.267. The van der Waals surface area contributed by atoms with E-state index in [0.717, 1.165) is 28.9 Å². The highest BCUT2D eigenvalue weighted by atomic mass is 16.2. The molecule has 0 aromatic carbocycles. The van der Waals surface area contributed by atoms with Crippen molar-refractivity contribution in [3.8, 4) is 11.1 Å². The number of pyridine rings is 2. The molecule has 2 aromatic heterocycles. The second-order valence-corrected chi connectivity index (χ2v) is 4.38. The van der Waals surface area contributed by atoms with E-state index >= 15 is 0 Å². The van der Waals surface area contributed by atoms with E-state index in [1.807, 2.05) is 32.0 Å². The second kappa shape index (κ2) is 6.14. The molecule has 2 N–H and O–H groups in total. The number of rotatable bonds is 3. The monoisotopic (exact) mass is 270 g/mol. The van der Waals surface area contributed by atoms with Gasteiger partial charge >= 0.3 is 6.03 Å². The third kappa shape index (κ3) is 2.93. The molecule has 2 aromatic rings. The number of carbonyl (C=O) groups excluding carboxylic acids is 1. The minimum atomic E-state index is -0.273. The summed E-state index contributed by atoms with van der Waals surface area (Å²) in [5.74, 6) is 0.548. The Morgan fingerprint density at radius 3 is 2.70 bits per heavy atom. The molecule has 20 heavy (non-hydrogen) atoms. The number of amides is 2. The predicted octanol–water partition coefficient (Wildman–Crippen LogP) is 2.77. The summed E-state index contributed by atoms with van der Waals surface area (Å²) in [7, 11) is 1.57. The van der Waals surface area contributed by atoms with E-state index in [2.05, 4.69) is 20.6 Å². The summed E-state index contributed by atoms with van der Waals surface area (Å²) >= 11 is 0. The van der Waals surface area contributed by atoms with E-state index in [0.29, 0.717) is 5.82 Å². The van der Waals surface area contributed by atoms with Crippen LogP contribution in [0.5, 0.6) is 0 Å². The van der Waals surface area contributed by atoms with Gasteiger partial charge in [0.1, 0.15) is 5.82 Å². The van der Waals surface area contributed by atoms with Gasteiger partial charge in [0.25, 0.3) is 0 Å². The molecular weight excluding hydrogens is 252 g/mol. The predicted molar refractivity (Wildman–Crippen MR) is 79.7 cm³/mol. The molecule has 0 aliphatic carbocycles. The van der Waals surface area contributed by atoms with E-state index < -0.39 is 0 Å². The van der Waals surface area contributed by atoms with Gasteiger partial charge in [0.15, 0.2) is 0 Å². The summed E-state index contributed by atoms with van der Waals surface area (Å²) < 4.78 is 0. The van der Waals surface area contributed by atoms with E-state index in [1.54, 1.807) is 19.3 Å². The highest BCUT2D eigenvalue weighted by Gasteiger charge is 2.10. The van der Waals surface area contributed by atoms with Crippen LogP contribution in [0.3, 0.4) is 0 Å². The topological polar surface area (TPSA) is 66.9 Å². The van der Waals surface area contributed by atoms with Crippen LogP contribution in [0.25, 0.3) is 11.1 Å². The first-order chi connectivity index (χ1) is 9.65. The largest absolute Gasteiger partial charge is 0.341 e. The number of hydrogen-bond acceptors (Lipinski definition) is 3. The fourth-order valence-electron chi connectivity index (χ4n) is 2.03. The summed E-state index contributed by atoms with van der Waals surface area (Å²) in [5.41, 5.74) is 4.04. The Balaban J connectivity index is 2.41. The fourth-order valence-corrected chi connectivity index (χ4v) is 2.03. The van der Waals surface area contributed by atoms with E-state index in [9.17, 15) is 4.79 Å². The number of anilines is 1. The maximum absolute atomic E-state index is 11.3. The summed E-state index contributed by atoms with van der Waals surface area (Å²) in [6.07, 6.45) is 2.56. The molecule has 5 heteroatoms. The molecule has 0 saturated carbocycles. The quantitative estimate of drug-likeness (QED) is 0.901. The van der Waals surface area contributed by atoms with Crippen molar-refractivity contribution in [2.24, 2.45) is 0 Å². The van der Waals surface area contributed by atoms with Crippen LogP contribution in [0.1, 0.15) is 18.3 Å². The maximum atomic E-state index is 11.3. The minimum Gasteiger partial charge on any atom is -0.341 e. The Labute approximate surface area is 118 Å². The number of aryl methyl sites for hydroxylation is 2. The van der Waals surface area contributed by atoms with Gasteiger partial charge in [-0.2, -0.15) is 0 Å². The first kappa shape index (κ1) is 14.0. The Bertz CT molecular complexity index is 625. The highest BCUT2D eigenvalue weighted by Crippen LogP contribution is 2.26. The van der Waals surface area contributed by atoms with Gasteiger partial charge in [-0.1, -0.05) is 13.0 Å². The number of nitrogens with one attached hydrogen (secondary N) is 2. The first-order valence-electron chi connectivity index (χ1n) is 6.56. The molecule has 2 amide bonds. The smallest absolute Gasteiger partial charge is 0.320 e. The lowest BCUT2D eigenvalue weighted by molar-refractivity contribution is 0.254. The average Bonchev–Trinajstić information content (AvgIpc) is 2.47. The van der Waals surface area contributed by atoms with E-state index in [4.69, 9.17) is 0 Å². The molecule has 0 bridgehead atoms. The van der Waals surface area contributed by atoms with Crippen molar-refractivity contribution in [1.29, 1.82) is 0 Å². The lowest BCUT2D eigenvalue weighted by atomic mass is 10.0. The number of aromatic nitrogens is 2. The molecule has 0 radical (unpaired) electrons. The van der Waals surface area contributed by atoms with Crippen molar-refractivity contribution < 1.29 is 4.79 Å². The molecule has 5 nitrogen and oxygen atoms in total. The van der Waals surface area contributed by atoms with Crippen LogP contribution in [0.2, 0.25) is 0 Å². The third-order valence-corrected chi connectivity index (χ3v) is 3.07. The molecule has 0 aliphatic rings. The normalized spacial score (nSPS) is 10.2. The molecule has 0 atom stereocenters. The molecule has 2 heterocycles. The van der Waals surface area contributed by atoms with Crippen LogP contribution >= 0.6 is 0 Å². The molecule has 2 rings (SSSR count). The van der Waals surface area contributed by atoms with E-state index in [-0.39, 0.29) is 6.03 Å². The molecule has 104 valence electrons. The average molecular weight is 270 g/mol. The van der Waals surface area contributed by atoms with Crippen molar-refractivity contribution in [3.63, 3.8) is 0 Å². The standard InChI is InChI=1S/C15H18N4O/c1-4-13-12(11-6-5-9-17-10(11)2)7-8-14(18-13)19-15(20)16-3/h5-9H,4H2,1-3H3,(H2,16,18,19,20). The summed E-state index contributed by atoms with van der Waals surface area (Å²) in [4.78, 5) is 20.1. The molecule has 0 spiro atoms. The zero-order valence-corrected chi connectivity index (χ0v) is 11.9. The van der Waals surface area contributed by atoms with Gasteiger partial charge in [-0.3, -0.25) is 10.3 Å². The minimum absolute atomic E-state index is 0.273. The van der Waals surface area contributed by atoms with Crippen LogP contribution in [0.15, 0.2) is 30.5 Å². The van der Waals surface area contributed by atoms with Gasteiger partial charge in [-0.05, 0) is 31.5 Å². The lowest BCUT2D eigenvalue weighted by Gasteiger charge is -2.11. The molecular formula is C15H18N4O. The van der Waals surface area contributed by atoms with Gasteiger partial charge in [-0.15, -0.1) is 0 Å². The lowest BCUT2D eigenvalue weighted by Crippen LogP contribution is -2.25. The maximum Gasteiger partial charge on any atom is 0.320 e. The van der Waals surface area contributed by atoms with Crippen molar-refractivity contribution in [1.82, 2.24) is 15.3 Å². The molecule has 0 saturated heterocycles. The van der Waals surface area contributed by atoms with Gasteiger partial charge in [-0.25, -0.2) is 9.78 Å². The molecule has 0 aliphatic heterocycles. The Morgan fingerprint density at radius 1 is 1.25 bits per heavy atom. The molecule has 0 unspecified atom stereocenters. The van der Waals surface area contributed by atoms with Crippen LogP contribution < -0.4 is 10.6 Å². The van der Waals surface area contributed by atoms with Crippen molar-refractivity contribution in [2.75, 3.05) is 12.4 Å². The van der Waals surface area contributed by atoms with Gasteiger partial charge in [0.05, 0.1) is 5.69 Å². The summed E-state index contributed by atoms with van der Waals surface area (Å²) in [6, 6.07) is 7.45. The number of urea groups is 1. The summed E-state index contributed by atoms with van der Waals surface area (Å²) in [5, 5.41) is 5.19. The Hall–Kier alpha value is -2.43. The number of nitrogens with zero attached hydrogens (tertiary/aromatic N) is 2. The third-order valence-electron chi connectivity index (χ3n) is 3.07. The van der Waals surface area contributed by atoms with Gasteiger partial charge in [0.2, 0.25) is 0 Å². The number of hydrogen-bond donors (Lipinski definition) is 2. The van der Waals surface area contributed by atoms with Crippen LogP contribution in [-0.2, 0) is 6.42 Å². The highest BCUT2D eigenvalue weighted by molar-refractivity contribution is 5.88. The Kier molecular flexibility index (Phi) is 4.30. The molecule has 0 fully saturated rings. The zero-order chi connectivity index (χ0) is 14.5. The van der Waals surface area contributed by atoms with Crippen molar-refractivity contribution >= 4 is 11.8 Å². The van der Waals surface area contributed by atoms with Crippen LogP contribution in [0.4, 0.5) is 10.6 Å². The number of carbonyl (C=O) groups is 1. The van der Waals surface area contributed by atoms with Gasteiger partial charge < -0.3 is 5.32 Å². The van der Waals surface area contributed by atoms with Crippen LogP contribution in [0, 0.1) is 6.92 Å². The second-order valence-electron chi connectivity index (χ2n) is 4.38. The van der Waals surface area contributed by atoms with Crippen molar-refractivity contribution in [2.45, 2.75) is 20.3 Å².